The minimum atomic E-state index is -3.40. The van der Waals surface area contributed by atoms with Crippen molar-refractivity contribution in [2.75, 3.05) is 47.7 Å². The summed E-state index contributed by atoms with van der Waals surface area (Å²) in [7, 11) is -3.40. The van der Waals surface area contributed by atoms with E-state index in [1.54, 1.807) is 41.6 Å². The van der Waals surface area contributed by atoms with Crippen LogP contribution in [0.3, 0.4) is 0 Å². The Morgan fingerprint density at radius 2 is 1.72 bits per heavy atom. The molecule has 29 heavy (non-hydrogen) atoms. The molecule has 1 aromatic carbocycles. The van der Waals surface area contributed by atoms with Crippen molar-refractivity contribution in [2.24, 2.45) is 0 Å². The van der Waals surface area contributed by atoms with Crippen LogP contribution >= 0.6 is 11.6 Å². The van der Waals surface area contributed by atoms with Gasteiger partial charge >= 0.3 is 0 Å². The Kier molecular flexibility index (Phi) is 5.60. The number of benzene rings is 1. The topological polar surface area (TPSA) is 86.7 Å². The summed E-state index contributed by atoms with van der Waals surface area (Å²) in [5, 5.41) is 0.332. The van der Waals surface area contributed by atoms with Crippen molar-refractivity contribution in [1.29, 1.82) is 0 Å². The molecule has 0 radical (unpaired) electrons. The Morgan fingerprint density at radius 1 is 1.00 bits per heavy atom. The highest BCUT2D eigenvalue weighted by Gasteiger charge is 2.29. The first-order chi connectivity index (χ1) is 14.0. The van der Waals surface area contributed by atoms with Gasteiger partial charge in [-0.05, 0) is 37.1 Å². The third-order valence-electron chi connectivity index (χ3n) is 5.21. The molecule has 0 N–H and O–H groups in total. The Hall–Kier alpha value is -2.39. The van der Waals surface area contributed by atoms with Gasteiger partial charge in [0, 0.05) is 50.7 Å². The third kappa shape index (κ3) is 4.16. The highest BCUT2D eigenvalue weighted by molar-refractivity contribution is 7.92. The average Bonchev–Trinajstić information content (AvgIpc) is 2.74. The van der Waals surface area contributed by atoms with E-state index >= 15 is 0 Å². The minimum Gasteiger partial charge on any atom is -0.337 e. The molecule has 1 amide bonds. The summed E-state index contributed by atoms with van der Waals surface area (Å²) in [5.74, 6) is 0.625. The molecular formula is C19H22ClN5O3S. The van der Waals surface area contributed by atoms with Crippen LogP contribution in [-0.4, -0.2) is 67.7 Å². The van der Waals surface area contributed by atoms with Crippen LogP contribution in [0.15, 0.2) is 36.7 Å². The zero-order valence-corrected chi connectivity index (χ0v) is 17.4. The Balaban J connectivity index is 1.50. The molecule has 2 aromatic rings. The largest absolute Gasteiger partial charge is 0.337 e. The number of piperazine rings is 1. The lowest BCUT2D eigenvalue weighted by atomic mass is 10.1. The van der Waals surface area contributed by atoms with Gasteiger partial charge in [-0.3, -0.25) is 9.10 Å². The molecule has 10 heteroatoms. The van der Waals surface area contributed by atoms with Gasteiger partial charge < -0.3 is 9.80 Å². The second-order valence-electron chi connectivity index (χ2n) is 7.09. The number of rotatable bonds is 3. The van der Waals surface area contributed by atoms with Crippen molar-refractivity contribution in [3.05, 3.63) is 47.2 Å². The van der Waals surface area contributed by atoms with Gasteiger partial charge in [0.1, 0.15) is 0 Å². The van der Waals surface area contributed by atoms with Crippen molar-refractivity contribution in [3.63, 3.8) is 0 Å². The number of nitrogens with zero attached hydrogens (tertiary/aromatic N) is 5. The van der Waals surface area contributed by atoms with Gasteiger partial charge in [-0.15, -0.1) is 0 Å². The first kappa shape index (κ1) is 19.9. The lowest BCUT2D eigenvalue weighted by molar-refractivity contribution is 0.0746. The maximum absolute atomic E-state index is 13.0. The maximum atomic E-state index is 13.0. The Bertz CT molecular complexity index is 994. The fourth-order valence-electron chi connectivity index (χ4n) is 3.64. The smallest absolute Gasteiger partial charge is 0.254 e. The van der Waals surface area contributed by atoms with Gasteiger partial charge in [-0.1, -0.05) is 11.6 Å². The van der Waals surface area contributed by atoms with Crippen LogP contribution in [0, 0.1) is 0 Å². The van der Waals surface area contributed by atoms with E-state index in [9.17, 15) is 13.2 Å². The standard InChI is InChI=1S/C19H22ClN5O3S/c20-16-5-4-15(14-17(16)25-8-1-2-13-29(25,27)28)18(26)23-9-11-24(12-10-23)19-21-6-3-7-22-19/h3-7,14H,1-2,8-13H2. The molecule has 2 aliphatic heterocycles. The van der Waals surface area contributed by atoms with Gasteiger partial charge in [0.05, 0.1) is 16.5 Å². The highest BCUT2D eigenvalue weighted by atomic mass is 35.5. The van der Waals surface area contributed by atoms with Gasteiger partial charge in [-0.2, -0.15) is 0 Å². The maximum Gasteiger partial charge on any atom is 0.254 e. The quantitative estimate of drug-likeness (QED) is 0.733. The van der Waals surface area contributed by atoms with Gasteiger partial charge in [0.25, 0.3) is 5.91 Å². The SMILES string of the molecule is O=C(c1ccc(Cl)c(N2CCCCS2(=O)=O)c1)N1CCN(c2ncccn2)CC1. The number of halogens is 1. The third-order valence-corrected chi connectivity index (χ3v) is 7.39. The number of anilines is 2. The second kappa shape index (κ2) is 8.16. The zero-order valence-electron chi connectivity index (χ0n) is 15.9. The van der Waals surface area contributed by atoms with Gasteiger partial charge in [0.15, 0.2) is 0 Å². The first-order valence-corrected chi connectivity index (χ1v) is 11.6. The summed E-state index contributed by atoms with van der Waals surface area (Å²) in [4.78, 5) is 25.3. The predicted molar refractivity (Wildman–Crippen MR) is 112 cm³/mol. The van der Waals surface area contributed by atoms with Crippen LogP contribution < -0.4 is 9.21 Å². The average molecular weight is 436 g/mol. The van der Waals surface area contributed by atoms with E-state index in [0.29, 0.717) is 61.4 Å². The number of carbonyl (C=O) groups is 1. The van der Waals surface area contributed by atoms with Crippen LogP contribution in [0.1, 0.15) is 23.2 Å². The fourth-order valence-corrected chi connectivity index (χ4v) is 5.56. The normalized spacial score (nSPS) is 19.3. The first-order valence-electron chi connectivity index (χ1n) is 9.57. The molecule has 0 atom stereocenters. The summed E-state index contributed by atoms with van der Waals surface area (Å²) in [6.45, 7) is 2.73. The molecule has 8 nitrogen and oxygen atoms in total. The second-order valence-corrected chi connectivity index (χ2v) is 9.51. The summed E-state index contributed by atoms with van der Waals surface area (Å²) in [5.41, 5.74) is 0.822. The summed E-state index contributed by atoms with van der Waals surface area (Å²) >= 11 is 6.28. The zero-order chi connectivity index (χ0) is 20.4. The van der Waals surface area contributed by atoms with E-state index < -0.39 is 10.0 Å². The molecule has 1 aromatic heterocycles. The summed E-state index contributed by atoms with van der Waals surface area (Å²) < 4.78 is 26.2. The van der Waals surface area contributed by atoms with E-state index in [2.05, 4.69) is 9.97 Å². The van der Waals surface area contributed by atoms with Gasteiger partial charge in [0.2, 0.25) is 16.0 Å². The Morgan fingerprint density at radius 3 is 2.41 bits per heavy atom. The summed E-state index contributed by atoms with van der Waals surface area (Å²) in [6.07, 6.45) is 4.81. The van der Waals surface area contributed by atoms with Crippen LogP contribution in [0.25, 0.3) is 0 Å². The lowest BCUT2D eigenvalue weighted by Gasteiger charge is -2.35. The van der Waals surface area contributed by atoms with Crippen molar-refractivity contribution < 1.29 is 13.2 Å². The van der Waals surface area contributed by atoms with Crippen molar-refractivity contribution in [3.8, 4) is 0 Å². The molecule has 0 bridgehead atoms. The van der Waals surface area contributed by atoms with E-state index in [0.717, 1.165) is 6.42 Å². The number of aromatic nitrogens is 2. The van der Waals surface area contributed by atoms with Crippen LogP contribution in [0.5, 0.6) is 0 Å². The monoisotopic (exact) mass is 435 g/mol. The van der Waals surface area contributed by atoms with E-state index in [1.165, 1.54) is 4.31 Å². The minimum absolute atomic E-state index is 0.102. The number of amides is 1. The molecule has 3 heterocycles. The van der Waals surface area contributed by atoms with Crippen LogP contribution in [0.4, 0.5) is 11.6 Å². The van der Waals surface area contributed by atoms with Crippen molar-refractivity contribution in [2.45, 2.75) is 12.8 Å². The molecule has 0 saturated carbocycles. The number of hydrogen-bond donors (Lipinski definition) is 0. The molecule has 2 saturated heterocycles. The molecule has 2 fully saturated rings. The molecule has 0 unspecified atom stereocenters. The predicted octanol–water partition coefficient (Wildman–Crippen LogP) is 2.02. The lowest BCUT2D eigenvalue weighted by Crippen LogP contribution is -2.49. The van der Waals surface area contributed by atoms with Crippen LogP contribution in [-0.2, 0) is 10.0 Å². The number of carbonyl (C=O) groups excluding carboxylic acids is 1. The molecule has 0 spiro atoms. The van der Waals surface area contributed by atoms with E-state index in [4.69, 9.17) is 11.6 Å². The van der Waals surface area contributed by atoms with Crippen molar-refractivity contribution in [1.82, 2.24) is 14.9 Å². The Labute approximate surface area is 175 Å². The molecule has 154 valence electrons. The van der Waals surface area contributed by atoms with E-state index in [1.807, 2.05) is 4.90 Å². The van der Waals surface area contributed by atoms with Gasteiger partial charge in [-0.25, -0.2) is 18.4 Å². The molecule has 2 aliphatic rings. The summed E-state index contributed by atoms with van der Waals surface area (Å²) in [6, 6.07) is 6.61. The molecular weight excluding hydrogens is 414 g/mol. The van der Waals surface area contributed by atoms with Crippen molar-refractivity contribution >= 4 is 39.2 Å². The number of hydrogen-bond acceptors (Lipinski definition) is 6. The van der Waals surface area contributed by atoms with E-state index in [-0.39, 0.29) is 11.7 Å². The van der Waals surface area contributed by atoms with Crippen LogP contribution in [0.2, 0.25) is 5.02 Å². The number of sulfonamides is 1. The molecule has 0 aliphatic carbocycles. The highest BCUT2D eigenvalue weighted by Crippen LogP contribution is 2.32. The fraction of sp³-hybridized carbons (Fsp3) is 0.421. The molecule has 4 rings (SSSR count).